The van der Waals surface area contributed by atoms with Crippen LogP contribution in [0, 0.1) is 0 Å². The van der Waals surface area contributed by atoms with Crippen molar-refractivity contribution in [1.29, 1.82) is 0 Å². The van der Waals surface area contributed by atoms with Gasteiger partial charge < -0.3 is 5.32 Å². The lowest BCUT2D eigenvalue weighted by Crippen LogP contribution is -2.30. The highest BCUT2D eigenvalue weighted by molar-refractivity contribution is 9.11. The van der Waals surface area contributed by atoms with E-state index in [0.29, 0.717) is 6.54 Å². The lowest BCUT2D eigenvalue weighted by molar-refractivity contribution is -0.139. The predicted molar refractivity (Wildman–Crippen MR) is 59.0 cm³/mol. The van der Waals surface area contributed by atoms with E-state index in [0.717, 1.165) is 8.66 Å². The van der Waals surface area contributed by atoms with Gasteiger partial charge in [0.25, 0.3) is 0 Å². The molecule has 0 amide bonds. The van der Waals surface area contributed by atoms with Crippen molar-refractivity contribution in [3.05, 3.63) is 20.8 Å². The second kappa shape index (κ2) is 5.32. The van der Waals surface area contributed by atoms with E-state index in [1.54, 1.807) is 0 Å². The maximum absolute atomic E-state index is 12.0. The molecule has 1 heterocycles. The molecule has 1 rings (SSSR count). The van der Waals surface area contributed by atoms with E-state index in [-0.39, 0.29) is 0 Å². The maximum Gasteiger partial charge on any atom is 0.390 e. The summed E-state index contributed by atoms with van der Waals surface area (Å²) < 4.78 is 37.0. The molecule has 1 unspecified atom stereocenters. The summed E-state index contributed by atoms with van der Waals surface area (Å²) in [5, 5.41) is 2.84. The number of nitrogens with one attached hydrogen (secondary N) is 1. The summed E-state index contributed by atoms with van der Waals surface area (Å²) in [6, 6.07) is 3.23. The van der Waals surface area contributed by atoms with Crippen LogP contribution in [0.2, 0.25) is 0 Å². The Balaban J connectivity index is 2.31. The Morgan fingerprint density at radius 1 is 1.47 bits per heavy atom. The Bertz CT molecular complexity index is 311. The van der Waals surface area contributed by atoms with Gasteiger partial charge in [-0.25, -0.2) is 0 Å². The molecule has 1 nitrogen and oxygen atoms in total. The van der Waals surface area contributed by atoms with Crippen molar-refractivity contribution < 1.29 is 13.2 Å². The normalized spacial score (nSPS) is 14.2. The molecule has 0 spiro atoms. The first-order chi connectivity index (χ1) is 6.87. The van der Waals surface area contributed by atoms with Crippen LogP contribution in [0.25, 0.3) is 0 Å². The van der Waals surface area contributed by atoms with Gasteiger partial charge in [0.15, 0.2) is 0 Å². The molecule has 0 saturated heterocycles. The van der Waals surface area contributed by atoms with Gasteiger partial charge in [0.1, 0.15) is 0 Å². The van der Waals surface area contributed by atoms with Crippen LogP contribution >= 0.6 is 27.3 Å². The summed E-state index contributed by atoms with van der Waals surface area (Å²) in [5.41, 5.74) is 0. The molecule has 0 aliphatic rings. The van der Waals surface area contributed by atoms with Gasteiger partial charge in [-0.3, -0.25) is 0 Å². The molecule has 0 aliphatic carbocycles. The van der Waals surface area contributed by atoms with E-state index >= 15 is 0 Å². The first-order valence-electron chi connectivity index (χ1n) is 4.41. The molecule has 0 saturated carbocycles. The third kappa shape index (κ3) is 5.53. The van der Waals surface area contributed by atoms with Crippen LogP contribution in [0.4, 0.5) is 13.2 Å². The smallest absolute Gasteiger partial charge is 0.309 e. The Morgan fingerprint density at radius 2 is 2.13 bits per heavy atom. The fourth-order valence-electron chi connectivity index (χ4n) is 1.14. The molecule has 0 aliphatic heterocycles. The van der Waals surface area contributed by atoms with E-state index in [2.05, 4.69) is 21.2 Å². The molecule has 1 atom stereocenters. The SMILES string of the molecule is CC(CC(F)(F)F)NCc1ccc(Br)s1. The Hall–Kier alpha value is -0.0700. The van der Waals surface area contributed by atoms with Crippen molar-refractivity contribution in [2.45, 2.75) is 32.1 Å². The molecule has 0 radical (unpaired) electrons. The third-order valence-electron chi connectivity index (χ3n) is 1.79. The standard InChI is InChI=1S/C9H11BrF3NS/c1-6(4-9(11,12)13)14-5-7-2-3-8(10)15-7/h2-3,6,14H,4-5H2,1H3. The first kappa shape index (κ1) is 13.0. The van der Waals surface area contributed by atoms with Crippen LogP contribution in [-0.4, -0.2) is 12.2 Å². The molecule has 1 aromatic rings. The lowest BCUT2D eigenvalue weighted by atomic mass is 10.2. The summed E-state index contributed by atoms with van der Waals surface area (Å²) in [6.07, 6.45) is -4.89. The fourth-order valence-corrected chi connectivity index (χ4v) is 2.57. The average molecular weight is 302 g/mol. The minimum absolute atomic E-state index is 0.480. The van der Waals surface area contributed by atoms with Crippen LogP contribution in [0.3, 0.4) is 0 Å². The van der Waals surface area contributed by atoms with Crippen molar-refractivity contribution >= 4 is 27.3 Å². The van der Waals surface area contributed by atoms with Gasteiger partial charge in [0.05, 0.1) is 10.2 Å². The molecule has 0 aromatic carbocycles. The van der Waals surface area contributed by atoms with Crippen molar-refractivity contribution in [3.63, 3.8) is 0 Å². The van der Waals surface area contributed by atoms with E-state index in [1.807, 2.05) is 12.1 Å². The fraction of sp³-hybridized carbons (Fsp3) is 0.556. The molecule has 15 heavy (non-hydrogen) atoms. The highest BCUT2D eigenvalue weighted by Crippen LogP contribution is 2.23. The minimum atomic E-state index is -4.09. The zero-order valence-electron chi connectivity index (χ0n) is 8.07. The van der Waals surface area contributed by atoms with E-state index in [4.69, 9.17) is 0 Å². The van der Waals surface area contributed by atoms with Crippen molar-refractivity contribution in [2.75, 3.05) is 0 Å². The van der Waals surface area contributed by atoms with E-state index in [1.165, 1.54) is 18.3 Å². The maximum atomic E-state index is 12.0. The molecule has 1 N–H and O–H groups in total. The molecular formula is C9H11BrF3NS. The van der Waals surface area contributed by atoms with E-state index in [9.17, 15) is 13.2 Å². The number of hydrogen-bond acceptors (Lipinski definition) is 2. The molecule has 0 bridgehead atoms. The van der Waals surface area contributed by atoms with Crippen molar-refractivity contribution in [1.82, 2.24) is 5.32 Å². The topological polar surface area (TPSA) is 12.0 Å². The van der Waals surface area contributed by atoms with Crippen LogP contribution in [-0.2, 0) is 6.54 Å². The molecule has 0 fully saturated rings. The summed E-state index contributed by atoms with van der Waals surface area (Å²) in [5.74, 6) is 0. The second-order valence-corrected chi connectivity index (χ2v) is 5.85. The van der Waals surface area contributed by atoms with Gasteiger partial charge in [-0.15, -0.1) is 11.3 Å². The zero-order valence-corrected chi connectivity index (χ0v) is 10.5. The zero-order chi connectivity index (χ0) is 11.5. The monoisotopic (exact) mass is 301 g/mol. The Morgan fingerprint density at radius 3 is 2.60 bits per heavy atom. The minimum Gasteiger partial charge on any atom is -0.309 e. The first-order valence-corrected chi connectivity index (χ1v) is 6.02. The number of rotatable bonds is 4. The summed E-state index contributed by atoms with van der Waals surface area (Å²) in [6.45, 7) is 2.02. The van der Waals surface area contributed by atoms with E-state index < -0.39 is 18.6 Å². The molecule has 86 valence electrons. The quantitative estimate of drug-likeness (QED) is 0.888. The van der Waals surface area contributed by atoms with Crippen LogP contribution in [0.1, 0.15) is 18.2 Å². The van der Waals surface area contributed by atoms with Crippen LogP contribution < -0.4 is 5.32 Å². The molecular weight excluding hydrogens is 291 g/mol. The number of halogens is 4. The number of thiophene rings is 1. The van der Waals surface area contributed by atoms with Crippen LogP contribution in [0.5, 0.6) is 0 Å². The Kier molecular flexibility index (Phi) is 4.61. The second-order valence-electron chi connectivity index (χ2n) is 3.31. The van der Waals surface area contributed by atoms with Gasteiger partial charge in [-0.05, 0) is 35.0 Å². The highest BCUT2D eigenvalue weighted by atomic mass is 79.9. The molecule has 6 heteroatoms. The summed E-state index contributed by atoms with van der Waals surface area (Å²) in [7, 11) is 0. The van der Waals surface area contributed by atoms with Gasteiger partial charge in [-0.1, -0.05) is 0 Å². The summed E-state index contributed by atoms with van der Waals surface area (Å²) in [4.78, 5) is 1.02. The van der Waals surface area contributed by atoms with Gasteiger partial charge >= 0.3 is 6.18 Å². The number of hydrogen-bond donors (Lipinski definition) is 1. The van der Waals surface area contributed by atoms with Crippen LogP contribution in [0.15, 0.2) is 15.9 Å². The molecule has 1 aromatic heterocycles. The number of alkyl halides is 3. The van der Waals surface area contributed by atoms with Gasteiger partial charge in [0, 0.05) is 17.5 Å². The Labute approximate surface area is 98.8 Å². The van der Waals surface area contributed by atoms with Crippen molar-refractivity contribution in [3.8, 4) is 0 Å². The largest absolute Gasteiger partial charge is 0.390 e. The lowest BCUT2D eigenvalue weighted by Gasteiger charge is -2.14. The average Bonchev–Trinajstić information content (AvgIpc) is 2.45. The predicted octanol–water partition coefficient (Wildman–Crippen LogP) is 3.94. The summed E-state index contributed by atoms with van der Waals surface area (Å²) >= 11 is 4.82. The highest BCUT2D eigenvalue weighted by Gasteiger charge is 2.29. The third-order valence-corrected chi connectivity index (χ3v) is 3.41. The van der Waals surface area contributed by atoms with Crippen molar-refractivity contribution in [2.24, 2.45) is 0 Å². The van der Waals surface area contributed by atoms with Gasteiger partial charge in [-0.2, -0.15) is 13.2 Å². The van der Waals surface area contributed by atoms with Gasteiger partial charge in [0.2, 0.25) is 0 Å².